The van der Waals surface area contributed by atoms with Crippen LogP contribution in [0.4, 0.5) is 4.79 Å². The predicted molar refractivity (Wildman–Crippen MR) is 106 cm³/mol. The van der Waals surface area contributed by atoms with Crippen molar-refractivity contribution in [2.75, 3.05) is 0 Å². The Morgan fingerprint density at radius 2 is 1.93 bits per heavy atom. The minimum atomic E-state index is -1.13. The molecular weight excluding hydrogens is 364 g/mol. The van der Waals surface area contributed by atoms with Crippen LogP contribution in [0, 0.1) is 12.8 Å². The van der Waals surface area contributed by atoms with E-state index in [4.69, 9.17) is 10.5 Å². The van der Waals surface area contributed by atoms with Crippen LogP contribution in [0.1, 0.15) is 29.9 Å². The number of hydrogen-bond donors (Lipinski definition) is 2. The Labute approximate surface area is 162 Å². The van der Waals surface area contributed by atoms with Crippen LogP contribution in [0.25, 0.3) is 11.6 Å². The van der Waals surface area contributed by atoms with Gasteiger partial charge in [-0.15, -0.1) is 11.3 Å². The molecule has 27 heavy (non-hydrogen) atoms. The second kappa shape index (κ2) is 9.14. The fraction of sp³-hybridized carbons (Fsp3) is 0.250. The second-order valence-electron chi connectivity index (χ2n) is 6.37. The van der Waals surface area contributed by atoms with Crippen LogP contribution in [0.3, 0.4) is 0 Å². The number of rotatable bonds is 6. The van der Waals surface area contributed by atoms with Gasteiger partial charge < -0.3 is 10.5 Å². The van der Waals surface area contributed by atoms with Crippen molar-refractivity contribution < 1.29 is 19.1 Å². The lowest BCUT2D eigenvalue weighted by molar-refractivity contribution is -0.152. The van der Waals surface area contributed by atoms with Gasteiger partial charge in [0, 0.05) is 4.88 Å². The van der Waals surface area contributed by atoms with Gasteiger partial charge in [0.1, 0.15) is 0 Å². The van der Waals surface area contributed by atoms with Crippen molar-refractivity contribution in [3.63, 3.8) is 0 Å². The van der Waals surface area contributed by atoms with E-state index < -0.39 is 24.0 Å². The molecule has 0 aliphatic carbocycles. The van der Waals surface area contributed by atoms with Crippen molar-refractivity contribution in [2.45, 2.75) is 26.9 Å². The summed E-state index contributed by atoms with van der Waals surface area (Å²) < 4.78 is 5.44. The molecule has 0 saturated heterocycles. The van der Waals surface area contributed by atoms with E-state index in [9.17, 15) is 14.4 Å². The molecule has 1 heterocycles. The number of carbonyl (C=O) groups excluding carboxylic acids is 3. The summed E-state index contributed by atoms with van der Waals surface area (Å²) >= 11 is 1.39. The first-order chi connectivity index (χ1) is 12.8. The monoisotopic (exact) mass is 386 g/mol. The minimum Gasteiger partial charge on any atom is -0.448 e. The maximum atomic E-state index is 12.9. The van der Waals surface area contributed by atoms with Crippen LogP contribution in [0.15, 0.2) is 41.8 Å². The Hall–Kier alpha value is -2.93. The summed E-state index contributed by atoms with van der Waals surface area (Å²) in [4.78, 5) is 36.7. The molecule has 1 unspecified atom stereocenters. The number of aryl methyl sites for hydroxylation is 1. The average Bonchev–Trinajstić information content (AvgIpc) is 3.10. The molecule has 0 spiro atoms. The van der Waals surface area contributed by atoms with Crippen LogP contribution < -0.4 is 11.1 Å². The second-order valence-corrected chi connectivity index (χ2v) is 7.32. The summed E-state index contributed by atoms with van der Waals surface area (Å²) in [6.07, 6.45) is 0.593. The van der Waals surface area contributed by atoms with Gasteiger partial charge in [-0.25, -0.2) is 9.59 Å². The van der Waals surface area contributed by atoms with Gasteiger partial charge in [0.05, 0.1) is 5.57 Å². The number of carbonyl (C=O) groups is 3. The highest BCUT2D eigenvalue weighted by Crippen LogP contribution is 2.26. The number of primary amides is 1. The summed E-state index contributed by atoms with van der Waals surface area (Å²) in [6.45, 7) is 5.39. The third-order valence-corrected chi connectivity index (χ3v) is 4.61. The number of ether oxygens (including phenoxy) is 1. The first kappa shape index (κ1) is 20.4. The zero-order chi connectivity index (χ0) is 20.0. The van der Waals surface area contributed by atoms with Crippen molar-refractivity contribution in [1.82, 2.24) is 5.32 Å². The van der Waals surface area contributed by atoms with Crippen LogP contribution in [0.5, 0.6) is 0 Å². The SMILES string of the molecule is Cc1cccc(C=C(C(=O)OC(C(=O)NC(N)=O)C(C)C)c2cccs2)c1. The van der Waals surface area contributed by atoms with Crippen LogP contribution in [0.2, 0.25) is 0 Å². The zero-order valence-corrected chi connectivity index (χ0v) is 16.2. The molecule has 0 radical (unpaired) electrons. The van der Waals surface area contributed by atoms with Gasteiger partial charge in [-0.2, -0.15) is 0 Å². The van der Waals surface area contributed by atoms with Crippen molar-refractivity contribution >= 4 is 40.9 Å². The minimum absolute atomic E-state index is 0.336. The number of hydrogen-bond acceptors (Lipinski definition) is 5. The molecule has 3 N–H and O–H groups in total. The van der Waals surface area contributed by atoms with Crippen molar-refractivity contribution in [2.24, 2.45) is 11.7 Å². The van der Waals surface area contributed by atoms with Crippen LogP contribution in [-0.4, -0.2) is 24.0 Å². The summed E-state index contributed by atoms with van der Waals surface area (Å²) in [6, 6.07) is 10.3. The number of urea groups is 1. The van der Waals surface area contributed by atoms with Gasteiger partial charge >= 0.3 is 12.0 Å². The first-order valence-electron chi connectivity index (χ1n) is 8.41. The molecule has 3 amide bonds. The van der Waals surface area contributed by atoms with Crippen LogP contribution in [-0.2, 0) is 14.3 Å². The van der Waals surface area contributed by atoms with Gasteiger partial charge in [-0.1, -0.05) is 49.7 Å². The molecule has 1 aromatic carbocycles. The maximum Gasteiger partial charge on any atom is 0.340 e. The number of amides is 3. The normalized spacial score (nSPS) is 12.5. The van der Waals surface area contributed by atoms with Crippen LogP contribution >= 0.6 is 11.3 Å². The standard InChI is InChI=1S/C20H22N2O4S/c1-12(2)17(18(23)22-20(21)25)26-19(24)15(16-8-5-9-27-16)11-14-7-4-6-13(3)10-14/h4-12,17H,1-3H3,(H3,21,22,23,25). The number of nitrogens with two attached hydrogens (primary N) is 1. The molecule has 2 aromatic rings. The third-order valence-electron chi connectivity index (χ3n) is 3.70. The lowest BCUT2D eigenvalue weighted by Crippen LogP contribution is -2.45. The lowest BCUT2D eigenvalue weighted by Gasteiger charge is -2.20. The molecule has 1 atom stereocenters. The number of imide groups is 1. The Balaban J connectivity index is 2.34. The van der Waals surface area contributed by atoms with Gasteiger partial charge in [-0.3, -0.25) is 10.1 Å². The molecule has 1 aromatic heterocycles. The molecule has 7 heteroatoms. The molecule has 0 aliphatic rings. The first-order valence-corrected chi connectivity index (χ1v) is 9.29. The smallest absolute Gasteiger partial charge is 0.340 e. The third kappa shape index (κ3) is 5.79. The largest absolute Gasteiger partial charge is 0.448 e. The summed E-state index contributed by atoms with van der Waals surface area (Å²) in [5.41, 5.74) is 7.24. The fourth-order valence-corrected chi connectivity index (χ4v) is 3.18. The highest BCUT2D eigenvalue weighted by molar-refractivity contribution is 7.11. The molecule has 0 fully saturated rings. The highest BCUT2D eigenvalue weighted by Gasteiger charge is 2.29. The van der Waals surface area contributed by atoms with Crippen molar-refractivity contribution in [1.29, 1.82) is 0 Å². The van der Waals surface area contributed by atoms with Crippen molar-refractivity contribution in [3.8, 4) is 0 Å². The summed E-state index contributed by atoms with van der Waals surface area (Å²) in [7, 11) is 0. The summed E-state index contributed by atoms with van der Waals surface area (Å²) in [5.74, 6) is -1.72. The average molecular weight is 386 g/mol. The fourth-order valence-electron chi connectivity index (χ4n) is 2.45. The Morgan fingerprint density at radius 1 is 1.19 bits per heavy atom. The zero-order valence-electron chi connectivity index (χ0n) is 15.4. The summed E-state index contributed by atoms with van der Waals surface area (Å²) in [5, 5.41) is 3.82. The topological polar surface area (TPSA) is 98.5 Å². The van der Waals surface area contributed by atoms with Gasteiger partial charge in [0.15, 0.2) is 6.10 Å². The van der Waals surface area contributed by atoms with E-state index in [1.165, 1.54) is 11.3 Å². The highest BCUT2D eigenvalue weighted by atomic mass is 32.1. The number of nitrogens with one attached hydrogen (secondary N) is 1. The molecular formula is C20H22N2O4S. The Kier molecular flexibility index (Phi) is 6.90. The predicted octanol–water partition coefficient (Wildman–Crippen LogP) is 3.36. The van der Waals surface area contributed by atoms with E-state index in [-0.39, 0.29) is 5.92 Å². The van der Waals surface area contributed by atoms with E-state index >= 15 is 0 Å². The Bertz CT molecular complexity index is 857. The van der Waals surface area contributed by atoms with E-state index in [1.54, 1.807) is 26.0 Å². The molecule has 0 aliphatic heterocycles. The van der Waals surface area contributed by atoms with Gasteiger partial charge in [0.2, 0.25) is 0 Å². The van der Waals surface area contributed by atoms with E-state index in [0.717, 1.165) is 16.0 Å². The Morgan fingerprint density at radius 3 is 2.48 bits per heavy atom. The number of esters is 1. The molecule has 0 bridgehead atoms. The van der Waals surface area contributed by atoms with Gasteiger partial charge in [-0.05, 0) is 35.9 Å². The van der Waals surface area contributed by atoms with E-state index in [1.807, 2.05) is 48.0 Å². The van der Waals surface area contributed by atoms with Gasteiger partial charge in [0.25, 0.3) is 5.91 Å². The number of benzene rings is 1. The molecule has 6 nitrogen and oxygen atoms in total. The molecule has 2 rings (SSSR count). The van der Waals surface area contributed by atoms with E-state index in [2.05, 4.69) is 0 Å². The maximum absolute atomic E-state index is 12.9. The molecule has 142 valence electrons. The van der Waals surface area contributed by atoms with Crippen molar-refractivity contribution in [3.05, 3.63) is 57.8 Å². The van der Waals surface area contributed by atoms with E-state index in [0.29, 0.717) is 5.57 Å². The molecule has 0 saturated carbocycles. The quantitative estimate of drug-likeness (QED) is 0.587. The lowest BCUT2D eigenvalue weighted by atomic mass is 10.1. The number of thiophene rings is 1.